The number of hydrogen-bond acceptors (Lipinski definition) is 8. The van der Waals surface area contributed by atoms with E-state index < -0.39 is 0 Å². The van der Waals surface area contributed by atoms with Crippen molar-refractivity contribution in [2.45, 2.75) is 65.1 Å². The number of aryl methyl sites for hydroxylation is 1. The lowest BCUT2D eigenvalue weighted by atomic mass is 9.87. The zero-order valence-electron chi connectivity index (χ0n) is 28.3. The normalized spacial score (nSPS) is 20.4. The van der Waals surface area contributed by atoms with Gasteiger partial charge in [-0.15, -0.1) is 0 Å². The van der Waals surface area contributed by atoms with E-state index in [1.165, 1.54) is 6.07 Å². The van der Waals surface area contributed by atoms with Crippen molar-refractivity contribution in [2.75, 3.05) is 28.3 Å². The summed E-state index contributed by atoms with van der Waals surface area (Å²) >= 11 is 0. The summed E-state index contributed by atoms with van der Waals surface area (Å²) in [7, 11) is 7.31. The van der Waals surface area contributed by atoms with Gasteiger partial charge in [-0.05, 0) is 82.6 Å². The number of rotatable bonds is 8. The van der Waals surface area contributed by atoms with Crippen molar-refractivity contribution in [3.8, 4) is 17.2 Å². The topological polar surface area (TPSA) is 90.6 Å². The number of benzene rings is 4. The molecule has 0 spiro atoms. The Balaban J connectivity index is 1.56. The SMILES string of the molecule is C/C=C(\C)c1cc(=O)c2c(C)cc3c(OC)c4c([C@H]5C[C@@H](N(C)C)[C@H](OCc6ccccc6)[C@@H](C)O5)ccc(O)c4c(OC)c3c2o1. The predicted molar refractivity (Wildman–Crippen MR) is 187 cm³/mol. The highest BCUT2D eigenvalue weighted by molar-refractivity contribution is 6.21. The number of aromatic hydroxyl groups is 1. The number of likely N-dealkylation sites (N-methyl/N-ethyl adjacent to an activating group) is 1. The molecule has 4 atom stereocenters. The van der Waals surface area contributed by atoms with Crippen LogP contribution in [0, 0.1) is 6.92 Å². The van der Waals surface area contributed by atoms with Gasteiger partial charge in [0.15, 0.2) is 11.0 Å². The molecule has 5 aromatic rings. The summed E-state index contributed by atoms with van der Waals surface area (Å²) in [6.45, 7) is 8.24. The average molecular weight is 638 g/mol. The number of phenolic OH excluding ortho intramolecular Hbond substituents is 1. The lowest BCUT2D eigenvalue weighted by Gasteiger charge is -2.43. The van der Waals surface area contributed by atoms with Crippen molar-refractivity contribution < 1.29 is 28.5 Å². The Morgan fingerprint density at radius 1 is 1.00 bits per heavy atom. The fourth-order valence-electron chi connectivity index (χ4n) is 7.07. The van der Waals surface area contributed by atoms with Gasteiger partial charge in [0.25, 0.3) is 0 Å². The van der Waals surface area contributed by atoms with Gasteiger partial charge in [-0.2, -0.15) is 0 Å². The number of hydrogen-bond donors (Lipinski definition) is 1. The van der Waals surface area contributed by atoms with Crippen molar-refractivity contribution in [3.05, 3.63) is 93.3 Å². The van der Waals surface area contributed by atoms with Crippen LogP contribution >= 0.6 is 0 Å². The molecule has 0 radical (unpaired) electrons. The molecule has 6 rings (SSSR count). The third-order valence-electron chi connectivity index (χ3n) is 9.54. The largest absolute Gasteiger partial charge is 0.507 e. The Morgan fingerprint density at radius 2 is 1.72 bits per heavy atom. The molecule has 246 valence electrons. The summed E-state index contributed by atoms with van der Waals surface area (Å²) in [4.78, 5) is 15.7. The minimum absolute atomic E-state index is 0.0229. The molecule has 8 heteroatoms. The number of phenols is 1. The molecule has 1 N–H and O–H groups in total. The number of fused-ring (bicyclic) bond motifs is 4. The van der Waals surface area contributed by atoms with Crippen LogP contribution in [-0.4, -0.2) is 56.6 Å². The standard InChI is InChI=1S/C39H43NO7/c1-9-21(2)30-19-29(42)32-22(3)17-26-34(39(32)47-30)38(44-8)35-28(41)16-15-25(33(35)37(26)43-7)31-18-27(40(5)6)36(23(4)46-31)45-20-24-13-11-10-12-14-24/h9-17,19,23,27,31,36,41H,18,20H2,1-8H3/b21-9+/t23-,27-,31-,36-/m1/s1. The molecule has 1 aliphatic heterocycles. The molecule has 0 aliphatic carbocycles. The fourth-order valence-corrected chi connectivity index (χ4v) is 7.07. The summed E-state index contributed by atoms with van der Waals surface area (Å²) in [5.41, 5.74) is 3.80. The van der Waals surface area contributed by atoms with Crippen molar-refractivity contribution in [1.82, 2.24) is 4.90 Å². The number of methoxy groups -OCH3 is 2. The van der Waals surface area contributed by atoms with Crippen molar-refractivity contribution in [3.63, 3.8) is 0 Å². The van der Waals surface area contributed by atoms with Crippen molar-refractivity contribution in [1.29, 1.82) is 0 Å². The third-order valence-corrected chi connectivity index (χ3v) is 9.54. The van der Waals surface area contributed by atoms with E-state index in [9.17, 15) is 9.90 Å². The monoisotopic (exact) mass is 637 g/mol. The quantitative estimate of drug-likeness (QED) is 0.136. The Morgan fingerprint density at radius 3 is 2.38 bits per heavy atom. The second kappa shape index (κ2) is 13.0. The maximum absolute atomic E-state index is 13.5. The van der Waals surface area contributed by atoms with Crippen LogP contribution in [0.25, 0.3) is 38.1 Å². The molecule has 47 heavy (non-hydrogen) atoms. The van der Waals surface area contributed by atoms with Crippen LogP contribution in [-0.2, 0) is 16.1 Å². The van der Waals surface area contributed by atoms with Gasteiger partial charge in [0.1, 0.15) is 23.0 Å². The molecule has 0 saturated carbocycles. The summed E-state index contributed by atoms with van der Waals surface area (Å²) in [6.07, 6.45) is 1.83. The second-order valence-electron chi connectivity index (χ2n) is 12.6. The molecule has 1 saturated heterocycles. The van der Waals surface area contributed by atoms with Gasteiger partial charge < -0.3 is 33.4 Å². The molecule has 0 amide bonds. The first-order chi connectivity index (χ1) is 22.6. The first-order valence-corrected chi connectivity index (χ1v) is 16.0. The van der Waals surface area contributed by atoms with E-state index >= 15 is 0 Å². The Bertz CT molecular complexity index is 2050. The molecule has 2 heterocycles. The molecule has 0 unspecified atom stereocenters. The predicted octanol–water partition coefficient (Wildman–Crippen LogP) is 7.92. The Kier molecular flexibility index (Phi) is 9.03. The van der Waals surface area contributed by atoms with E-state index in [2.05, 4.69) is 38.1 Å². The van der Waals surface area contributed by atoms with E-state index in [4.69, 9.17) is 23.4 Å². The van der Waals surface area contributed by atoms with E-state index in [1.807, 2.05) is 57.2 Å². The number of ether oxygens (including phenoxy) is 4. The van der Waals surface area contributed by atoms with Crippen LogP contribution < -0.4 is 14.9 Å². The van der Waals surface area contributed by atoms with Gasteiger partial charge in [-0.25, -0.2) is 0 Å². The number of allylic oxidation sites excluding steroid dienone is 2. The smallest absolute Gasteiger partial charge is 0.193 e. The van der Waals surface area contributed by atoms with Crippen LogP contribution in [0.1, 0.15) is 55.7 Å². The van der Waals surface area contributed by atoms with Crippen LogP contribution in [0.2, 0.25) is 0 Å². The van der Waals surface area contributed by atoms with Gasteiger partial charge in [-0.1, -0.05) is 42.5 Å². The van der Waals surface area contributed by atoms with E-state index in [0.717, 1.165) is 22.3 Å². The molecule has 1 fully saturated rings. The van der Waals surface area contributed by atoms with Gasteiger partial charge >= 0.3 is 0 Å². The Hall–Kier alpha value is -4.37. The van der Waals surface area contributed by atoms with E-state index in [1.54, 1.807) is 20.3 Å². The van der Waals surface area contributed by atoms with Gasteiger partial charge in [0, 0.05) is 22.9 Å². The minimum Gasteiger partial charge on any atom is -0.507 e. The van der Waals surface area contributed by atoms with Crippen LogP contribution in [0.3, 0.4) is 0 Å². The summed E-state index contributed by atoms with van der Waals surface area (Å²) in [6, 6.07) is 17.2. The van der Waals surface area contributed by atoms with Crippen LogP contribution in [0.4, 0.5) is 0 Å². The molecule has 1 aromatic heterocycles. The first kappa shape index (κ1) is 32.6. The fraction of sp³-hybridized carbons (Fsp3) is 0.359. The maximum Gasteiger partial charge on any atom is 0.193 e. The minimum atomic E-state index is -0.337. The highest BCUT2D eigenvalue weighted by Crippen LogP contribution is 2.52. The molecule has 0 bridgehead atoms. The first-order valence-electron chi connectivity index (χ1n) is 16.0. The third kappa shape index (κ3) is 5.64. The van der Waals surface area contributed by atoms with Gasteiger partial charge in [0.2, 0.25) is 0 Å². The second-order valence-corrected chi connectivity index (χ2v) is 12.6. The van der Waals surface area contributed by atoms with Crippen molar-refractivity contribution >= 4 is 38.1 Å². The zero-order valence-corrected chi connectivity index (χ0v) is 28.3. The lowest BCUT2D eigenvalue weighted by molar-refractivity contribution is -0.167. The molecular weight excluding hydrogens is 594 g/mol. The Labute approximate surface area is 275 Å². The van der Waals surface area contributed by atoms with Crippen LogP contribution in [0.15, 0.2) is 69.9 Å². The molecular formula is C39H43NO7. The van der Waals surface area contributed by atoms with E-state index in [0.29, 0.717) is 62.8 Å². The lowest BCUT2D eigenvalue weighted by Crippen LogP contribution is -2.52. The van der Waals surface area contributed by atoms with Crippen LogP contribution in [0.5, 0.6) is 17.2 Å². The van der Waals surface area contributed by atoms with Gasteiger partial charge in [-0.3, -0.25) is 4.79 Å². The summed E-state index contributed by atoms with van der Waals surface area (Å²) in [5, 5.41) is 14.3. The van der Waals surface area contributed by atoms with Gasteiger partial charge in [0.05, 0.1) is 55.3 Å². The summed E-state index contributed by atoms with van der Waals surface area (Å²) < 4.78 is 32.0. The highest BCUT2D eigenvalue weighted by atomic mass is 16.6. The van der Waals surface area contributed by atoms with Crippen molar-refractivity contribution in [2.24, 2.45) is 0 Å². The number of nitrogens with zero attached hydrogens (tertiary/aromatic N) is 1. The molecule has 8 nitrogen and oxygen atoms in total. The molecule has 1 aliphatic rings. The maximum atomic E-state index is 13.5. The molecule has 4 aromatic carbocycles. The average Bonchev–Trinajstić information content (AvgIpc) is 3.06. The zero-order chi connectivity index (χ0) is 33.6. The highest BCUT2D eigenvalue weighted by Gasteiger charge is 2.40. The summed E-state index contributed by atoms with van der Waals surface area (Å²) in [5.74, 6) is 1.44. The van der Waals surface area contributed by atoms with E-state index in [-0.39, 0.29) is 35.5 Å².